The van der Waals surface area contributed by atoms with Crippen molar-refractivity contribution in [3.63, 3.8) is 0 Å². The zero-order valence-corrected chi connectivity index (χ0v) is 25.9. The molecule has 1 nitrogen and oxygen atoms in total. The van der Waals surface area contributed by atoms with E-state index in [-0.39, 0.29) is 5.41 Å². The Morgan fingerprint density at radius 2 is 1.02 bits per heavy atom. The van der Waals surface area contributed by atoms with Gasteiger partial charge in [0, 0.05) is 17.0 Å². The van der Waals surface area contributed by atoms with Gasteiger partial charge in [0.15, 0.2) is 0 Å². The van der Waals surface area contributed by atoms with Crippen molar-refractivity contribution in [3.8, 4) is 33.4 Å². The number of nitrogens with zero attached hydrogens (tertiary/aromatic N) is 1. The van der Waals surface area contributed by atoms with Crippen molar-refractivity contribution in [3.05, 3.63) is 139 Å². The lowest BCUT2D eigenvalue weighted by atomic mass is 9.43. The fourth-order valence-corrected chi connectivity index (χ4v) is 11.4. The van der Waals surface area contributed by atoms with Crippen LogP contribution in [0.25, 0.3) is 65.8 Å². The van der Waals surface area contributed by atoms with Crippen LogP contribution >= 0.6 is 0 Å². The predicted octanol–water partition coefficient (Wildman–Crippen LogP) is 11.6. The molecule has 1 aromatic heterocycles. The van der Waals surface area contributed by atoms with Gasteiger partial charge in [-0.3, -0.25) is 4.98 Å². The maximum absolute atomic E-state index is 4.72. The van der Waals surface area contributed by atoms with Gasteiger partial charge < -0.3 is 0 Å². The predicted molar refractivity (Wildman–Crippen MR) is 191 cm³/mol. The Bertz CT molecular complexity index is 2310. The molecular formula is C45H35N. The molecule has 4 bridgehead atoms. The molecule has 5 aliphatic rings. The Labute approximate surface area is 269 Å². The molecule has 0 radical (unpaired) electrons. The van der Waals surface area contributed by atoms with Crippen LogP contribution in [0.2, 0.25) is 0 Å². The van der Waals surface area contributed by atoms with Crippen LogP contribution in [0.1, 0.15) is 43.2 Å². The van der Waals surface area contributed by atoms with Crippen molar-refractivity contribution >= 4 is 32.4 Å². The topological polar surface area (TPSA) is 12.9 Å². The van der Waals surface area contributed by atoms with Crippen molar-refractivity contribution in [2.24, 2.45) is 23.7 Å². The Kier molecular flexibility index (Phi) is 5.07. The summed E-state index contributed by atoms with van der Waals surface area (Å²) in [5.41, 5.74) is 12.7. The lowest BCUT2D eigenvalue weighted by Crippen LogP contribution is -2.55. The highest BCUT2D eigenvalue weighted by Crippen LogP contribution is 2.69. The second-order valence-corrected chi connectivity index (χ2v) is 14.7. The van der Waals surface area contributed by atoms with Crippen molar-refractivity contribution in [2.45, 2.75) is 37.5 Å². The van der Waals surface area contributed by atoms with E-state index in [0.717, 1.165) is 29.2 Å². The quantitative estimate of drug-likeness (QED) is 0.183. The van der Waals surface area contributed by atoms with E-state index in [9.17, 15) is 0 Å². The van der Waals surface area contributed by atoms with Gasteiger partial charge in [0.1, 0.15) is 0 Å². The van der Waals surface area contributed by atoms with Crippen LogP contribution in [-0.2, 0) is 5.41 Å². The molecule has 220 valence electrons. The van der Waals surface area contributed by atoms with Crippen LogP contribution in [-0.4, -0.2) is 4.98 Å². The van der Waals surface area contributed by atoms with Crippen molar-refractivity contribution in [1.29, 1.82) is 0 Å². The molecule has 1 spiro atoms. The highest BCUT2D eigenvalue weighted by molar-refractivity contribution is 6.23. The molecule has 46 heavy (non-hydrogen) atoms. The van der Waals surface area contributed by atoms with E-state index in [1.165, 1.54) is 92.4 Å². The molecule has 0 aliphatic heterocycles. The number of fused-ring (bicyclic) bond motifs is 6. The van der Waals surface area contributed by atoms with Crippen molar-refractivity contribution in [1.82, 2.24) is 4.98 Å². The van der Waals surface area contributed by atoms with Crippen LogP contribution in [0.15, 0.2) is 128 Å². The van der Waals surface area contributed by atoms with Gasteiger partial charge in [0.25, 0.3) is 0 Å². The number of pyridine rings is 1. The maximum Gasteiger partial charge on any atom is 0.0708 e. The van der Waals surface area contributed by atoms with E-state index in [4.69, 9.17) is 4.98 Å². The van der Waals surface area contributed by atoms with Crippen LogP contribution in [0, 0.1) is 23.7 Å². The van der Waals surface area contributed by atoms with Gasteiger partial charge in [-0.1, -0.05) is 103 Å². The van der Waals surface area contributed by atoms with E-state index in [1.807, 2.05) is 6.20 Å². The lowest BCUT2D eigenvalue weighted by Gasteiger charge is -2.61. The molecule has 6 aromatic carbocycles. The van der Waals surface area contributed by atoms with Gasteiger partial charge >= 0.3 is 0 Å². The fourth-order valence-electron chi connectivity index (χ4n) is 11.4. The fraction of sp³-hybridized carbons (Fsp3) is 0.222. The highest BCUT2D eigenvalue weighted by Gasteiger charge is 2.61. The molecule has 5 aliphatic carbocycles. The second-order valence-electron chi connectivity index (χ2n) is 14.7. The first kappa shape index (κ1) is 25.4. The highest BCUT2D eigenvalue weighted by atomic mass is 14.7. The Balaban J connectivity index is 1.21. The Morgan fingerprint density at radius 3 is 1.72 bits per heavy atom. The molecular weight excluding hydrogens is 555 g/mol. The van der Waals surface area contributed by atoms with Gasteiger partial charge in [-0.2, -0.15) is 0 Å². The average Bonchev–Trinajstić information content (AvgIpc) is 3.39. The summed E-state index contributed by atoms with van der Waals surface area (Å²) in [7, 11) is 0. The van der Waals surface area contributed by atoms with E-state index in [0.29, 0.717) is 0 Å². The van der Waals surface area contributed by atoms with Gasteiger partial charge in [0.2, 0.25) is 0 Å². The molecule has 7 aromatic rings. The standard InChI is InChI=1S/C45H35N/c1-3-13-37-35(11-1)43(36-12-2-4-14-38(36)44(37)39-19-20-46-42-16-8-6-10-34(39)42)29-17-18-33-32-9-5-7-15-40(32)45(41(33)26-29)30-22-27-21-28(24-30)25-31(45)23-27/h1-20,26-28,30-31H,21-25H2. The lowest BCUT2D eigenvalue weighted by molar-refractivity contribution is -0.0399. The number of rotatable bonds is 2. The molecule has 1 heteroatoms. The van der Waals surface area contributed by atoms with E-state index in [2.05, 4.69) is 121 Å². The summed E-state index contributed by atoms with van der Waals surface area (Å²) < 4.78 is 0. The minimum Gasteiger partial charge on any atom is -0.256 e. The Morgan fingerprint density at radius 1 is 0.457 bits per heavy atom. The van der Waals surface area contributed by atoms with Crippen LogP contribution in [0.3, 0.4) is 0 Å². The summed E-state index contributed by atoms with van der Waals surface area (Å²) >= 11 is 0. The van der Waals surface area contributed by atoms with Crippen molar-refractivity contribution < 1.29 is 0 Å². The first-order valence-electron chi connectivity index (χ1n) is 17.3. The summed E-state index contributed by atoms with van der Waals surface area (Å²) in [6, 6.07) is 46.0. The van der Waals surface area contributed by atoms with Gasteiger partial charge in [-0.25, -0.2) is 0 Å². The molecule has 4 fully saturated rings. The number of benzene rings is 6. The summed E-state index contributed by atoms with van der Waals surface area (Å²) in [5, 5.41) is 6.46. The summed E-state index contributed by atoms with van der Waals surface area (Å²) in [5.74, 6) is 3.41. The number of para-hydroxylation sites is 1. The van der Waals surface area contributed by atoms with Gasteiger partial charge in [-0.05, 0) is 140 Å². The molecule has 4 saturated carbocycles. The van der Waals surface area contributed by atoms with Gasteiger partial charge in [0.05, 0.1) is 5.52 Å². The molecule has 0 atom stereocenters. The SMILES string of the molecule is c1ccc2c(c1)-c1ccc(-c3c4ccccc4c(-c4ccnc5ccccc45)c4ccccc34)cc1C21C2CC3CC(C2)CC1C3. The largest absolute Gasteiger partial charge is 0.256 e. The number of hydrogen-bond donors (Lipinski definition) is 0. The first-order valence-corrected chi connectivity index (χ1v) is 17.3. The molecule has 0 saturated heterocycles. The summed E-state index contributed by atoms with van der Waals surface area (Å²) in [4.78, 5) is 4.72. The molecule has 1 heterocycles. The molecule has 0 N–H and O–H groups in total. The molecule has 0 unspecified atom stereocenters. The zero-order valence-electron chi connectivity index (χ0n) is 25.9. The smallest absolute Gasteiger partial charge is 0.0708 e. The maximum atomic E-state index is 4.72. The Hall–Kier alpha value is -4.75. The number of aromatic nitrogens is 1. The molecule has 0 amide bonds. The average molecular weight is 590 g/mol. The third kappa shape index (κ3) is 3.19. The normalized spacial score (nSPS) is 25.5. The van der Waals surface area contributed by atoms with Crippen LogP contribution < -0.4 is 0 Å². The van der Waals surface area contributed by atoms with E-state index < -0.39 is 0 Å². The van der Waals surface area contributed by atoms with Gasteiger partial charge in [-0.15, -0.1) is 0 Å². The van der Waals surface area contributed by atoms with Crippen LogP contribution in [0.4, 0.5) is 0 Å². The minimum absolute atomic E-state index is 0.164. The second kappa shape index (κ2) is 9.17. The van der Waals surface area contributed by atoms with Crippen LogP contribution in [0.5, 0.6) is 0 Å². The first-order chi connectivity index (χ1) is 22.8. The van der Waals surface area contributed by atoms with E-state index in [1.54, 1.807) is 11.1 Å². The third-order valence-electron chi connectivity index (χ3n) is 12.7. The minimum atomic E-state index is 0.164. The third-order valence-corrected chi connectivity index (χ3v) is 12.7. The summed E-state index contributed by atoms with van der Waals surface area (Å²) in [6.07, 6.45) is 9.08. The monoisotopic (exact) mass is 589 g/mol. The summed E-state index contributed by atoms with van der Waals surface area (Å²) in [6.45, 7) is 0. The number of hydrogen-bond acceptors (Lipinski definition) is 1. The van der Waals surface area contributed by atoms with E-state index >= 15 is 0 Å². The van der Waals surface area contributed by atoms with Crippen molar-refractivity contribution in [2.75, 3.05) is 0 Å². The zero-order chi connectivity index (χ0) is 30.0. The molecule has 12 rings (SSSR count).